The van der Waals surface area contributed by atoms with Crippen molar-refractivity contribution in [2.24, 2.45) is 0 Å². The normalized spacial score (nSPS) is 11.9. The fourth-order valence-electron chi connectivity index (χ4n) is 2.65. The summed E-state index contributed by atoms with van der Waals surface area (Å²) in [4.78, 5) is 24.8. The minimum absolute atomic E-state index is 0.0249. The van der Waals surface area contributed by atoms with Crippen LogP contribution < -0.4 is 10.6 Å². The number of hydrogen-bond acceptors (Lipinski definition) is 4. The third kappa shape index (κ3) is 5.91. The first-order valence-electron chi connectivity index (χ1n) is 8.99. The van der Waals surface area contributed by atoms with Gasteiger partial charge in [0.05, 0.1) is 12.7 Å². The molecule has 6 heteroatoms. The predicted octanol–water partition coefficient (Wildman–Crippen LogP) is 1.96. The Labute approximate surface area is 159 Å². The Morgan fingerprint density at radius 2 is 1.78 bits per heavy atom. The van der Waals surface area contributed by atoms with Crippen molar-refractivity contribution < 1.29 is 19.8 Å². The molecule has 2 rings (SSSR count). The second kappa shape index (κ2) is 9.85. The van der Waals surface area contributed by atoms with Gasteiger partial charge >= 0.3 is 0 Å². The molecule has 0 radical (unpaired) electrons. The molecule has 6 nitrogen and oxygen atoms in total. The first-order valence-corrected chi connectivity index (χ1v) is 8.99. The van der Waals surface area contributed by atoms with E-state index < -0.39 is 6.10 Å². The van der Waals surface area contributed by atoms with Crippen molar-refractivity contribution in [2.45, 2.75) is 32.4 Å². The van der Waals surface area contributed by atoms with E-state index in [1.807, 2.05) is 38.1 Å². The van der Waals surface area contributed by atoms with Crippen LogP contribution in [0.5, 0.6) is 0 Å². The Balaban J connectivity index is 2.20. The largest absolute Gasteiger partial charge is 0.394 e. The van der Waals surface area contributed by atoms with Gasteiger partial charge in [-0.3, -0.25) is 9.59 Å². The molecule has 2 aromatic carbocycles. The average molecular weight is 370 g/mol. The first-order chi connectivity index (χ1) is 12.9. The lowest BCUT2D eigenvalue weighted by atomic mass is 9.97. The number of aliphatic hydroxyl groups excluding tert-OH is 2. The quantitative estimate of drug-likeness (QED) is 0.571. The summed E-state index contributed by atoms with van der Waals surface area (Å²) >= 11 is 0. The highest BCUT2D eigenvalue weighted by molar-refractivity contribution is 6.02. The van der Waals surface area contributed by atoms with Crippen molar-refractivity contribution in [1.29, 1.82) is 0 Å². The van der Waals surface area contributed by atoms with Gasteiger partial charge in [0, 0.05) is 23.7 Å². The Morgan fingerprint density at radius 1 is 1.04 bits per heavy atom. The van der Waals surface area contributed by atoms with Crippen LogP contribution in [0.25, 0.3) is 11.1 Å². The summed E-state index contributed by atoms with van der Waals surface area (Å²) in [6.45, 7) is 3.73. The smallest absolute Gasteiger partial charge is 0.252 e. The minimum Gasteiger partial charge on any atom is -0.394 e. The molecule has 2 amide bonds. The molecule has 27 heavy (non-hydrogen) atoms. The Morgan fingerprint density at radius 3 is 2.48 bits per heavy atom. The van der Waals surface area contributed by atoms with E-state index in [9.17, 15) is 14.7 Å². The fourth-order valence-corrected chi connectivity index (χ4v) is 2.65. The molecule has 0 spiro atoms. The zero-order chi connectivity index (χ0) is 19.8. The van der Waals surface area contributed by atoms with Gasteiger partial charge in [-0.25, -0.2) is 0 Å². The van der Waals surface area contributed by atoms with Crippen LogP contribution in [0.2, 0.25) is 0 Å². The zero-order valence-electron chi connectivity index (χ0n) is 15.6. The van der Waals surface area contributed by atoms with Gasteiger partial charge in [0.1, 0.15) is 0 Å². The van der Waals surface area contributed by atoms with Crippen LogP contribution in [0.4, 0.5) is 0 Å². The van der Waals surface area contributed by atoms with E-state index in [2.05, 4.69) is 10.6 Å². The molecule has 0 aliphatic carbocycles. The second-order valence-corrected chi connectivity index (χ2v) is 6.64. The SMILES string of the molecule is CC(C)NC(=O)c1ccccc1-c1cccc(C(=O)NCC[C@H](O)CO)c1. The predicted molar refractivity (Wildman–Crippen MR) is 105 cm³/mol. The van der Waals surface area contributed by atoms with Crippen LogP contribution in [-0.4, -0.2) is 47.3 Å². The van der Waals surface area contributed by atoms with Crippen molar-refractivity contribution in [3.05, 3.63) is 59.7 Å². The third-order valence-electron chi connectivity index (χ3n) is 4.00. The lowest BCUT2D eigenvalue weighted by Crippen LogP contribution is -2.30. The lowest BCUT2D eigenvalue weighted by Gasteiger charge is -2.13. The van der Waals surface area contributed by atoms with E-state index in [1.54, 1.807) is 24.3 Å². The van der Waals surface area contributed by atoms with Gasteiger partial charge < -0.3 is 20.8 Å². The van der Waals surface area contributed by atoms with Crippen molar-refractivity contribution in [1.82, 2.24) is 10.6 Å². The van der Waals surface area contributed by atoms with Gasteiger partial charge in [-0.1, -0.05) is 30.3 Å². The highest BCUT2D eigenvalue weighted by atomic mass is 16.3. The molecule has 0 bridgehead atoms. The van der Waals surface area contributed by atoms with Gasteiger partial charge in [-0.15, -0.1) is 0 Å². The van der Waals surface area contributed by atoms with Gasteiger partial charge in [0.25, 0.3) is 11.8 Å². The van der Waals surface area contributed by atoms with E-state index in [1.165, 1.54) is 0 Å². The molecule has 0 fully saturated rings. The summed E-state index contributed by atoms with van der Waals surface area (Å²) in [5.74, 6) is -0.431. The number of rotatable bonds is 8. The van der Waals surface area contributed by atoms with Crippen LogP contribution in [0.1, 0.15) is 41.0 Å². The minimum atomic E-state index is -0.844. The maximum Gasteiger partial charge on any atom is 0.252 e. The van der Waals surface area contributed by atoms with Crippen molar-refractivity contribution in [3.63, 3.8) is 0 Å². The molecule has 144 valence electrons. The maximum absolute atomic E-state index is 12.5. The molecule has 4 N–H and O–H groups in total. The van der Waals surface area contributed by atoms with Crippen molar-refractivity contribution >= 4 is 11.8 Å². The molecule has 2 aromatic rings. The number of aliphatic hydroxyl groups is 2. The van der Waals surface area contributed by atoms with E-state index in [4.69, 9.17) is 5.11 Å². The summed E-state index contributed by atoms with van der Waals surface area (Å²) in [7, 11) is 0. The molecule has 1 atom stereocenters. The molecule has 0 saturated carbocycles. The maximum atomic E-state index is 12.5. The van der Waals surface area contributed by atoms with Gasteiger partial charge in [-0.2, -0.15) is 0 Å². The van der Waals surface area contributed by atoms with Crippen molar-refractivity contribution in [3.8, 4) is 11.1 Å². The number of carbonyl (C=O) groups is 2. The molecular formula is C21H26N2O4. The third-order valence-corrected chi connectivity index (χ3v) is 4.00. The molecule has 0 aliphatic heterocycles. The van der Waals surface area contributed by atoms with Crippen LogP contribution in [0.15, 0.2) is 48.5 Å². The Bertz CT molecular complexity index is 789. The summed E-state index contributed by atoms with van der Waals surface area (Å²) in [5.41, 5.74) is 2.54. The van der Waals surface area contributed by atoms with Crippen LogP contribution in [-0.2, 0) is 0 Å². The topological polar surface area (TPSA) is 98.7 Å². The number of benzene rings is 2. The summed E-state index contributed by atoms with van der Waals surface area (Å²) < 4.78 is 0. The first kappa shape index (κ1) is 20.6. The van der Waals surface area contributed by atoms with Crippen LogP contribution in [0.3, 0.4) is 0 Å². The van der Waals surface area contributed by atoms with Crippen molar-refractivity contribution in [2.75, 3.05) is 13.2 Å². The highest BCUT2D eigenvalue weighted by Crippen LogP contribution is 2.24. The summed E-state index contributed by atoms with van der Waals surface area (Å²) in [6.07, 6.45) is -0.567. The Hall–Kier alpha value is -2.70. The molecule has 0 aromatic heterocycles. The number of hydrogen-bond donors (Lipinski definition) is 4. The standard InChI is InChI=1S/C21H26N2O4/c1-14(2)23-21(27)19-9-4-3-8-18(19)15-6-5-7-16(12-15)20(26)22-11-10-17(25)13-24/h3-9,12,14,17,24-25H,10-11,13H2,1-2H3,(H,22,26)(H,23,27)/t17-/m0/s1. The molecule has 0 aliphatic rings. The Kier molecular flexibility index (Phi) is 7.52. The number of carbonyl (C=O) groups excluding carboxylic acids is 2. The van der Waals surface area contributed by atoms with Gasteiger partial charge in [-0.05, 0) is 49.6 Å². The molecular weight excluding hydrogens is 344 g/mol. The zero-order valence-corrected chi connectivity index (χ0v) is 15.6. The summed E-state index contributed by atoms with van der Waals surface area (Å²) in [6, 6.07) is 14.3. The van der Waals surface area contributed by atoms with E-state index in [0.717, 1.165) is 11.1 Å². The van der Waals surface area contributed by atoms with E-state index >= 15 is 0 Å². The van der Waals surface area contributed by atoms with Gasteiger partial charge in [0.15, 0.2) is 0 Å². The fraction of sp³-hybridized carbons (Fsp3) is 0.333. The van der Waals surface area contributed by atoms with Crippen LogP contribution >= 0.6 is 0 Å². The monoisotopic (exact) mass is 370 g/mol. The molecule has 0 unspecified atom stereocenters. The van der Waals surface area contributed by atoms with Gasteiger partial charge in [0.2, 0.25) is 0 Å². The molecule has 0 saturated heterocycles. The lowest BCUT2D eigenvalue weighted by molar-refractivity contribution is 0.0834. The van der Waals surface area contributed by atoms with E-state index in [-0.39, 0.29) is 37.4 Å². The number of amides is 2. The average Bonchev–Trinajstić information content (AvgIpc) is 2.67. The summed E-state index contributed by atoms with van der Waals surface area (Å²) in [5, 5.41) is 23.8. The van der Waals surface area contributed by atoms with E-state index in [0.29, 0.717) is 11.1 Å². The second-order valence-electron chi connectivity index (χ2n) is 6.64. The number of nitrogens with one attached hydrogen (secondary N) is 2. The highest BCUT2D eigenvalue weighted by Gasteiger charge is 2.14. The van der Waals surface area contributed by atoms with Crippen LogP contribution in [0, 0.1) is 0 Å². The molecule has 0 heterocycles.